The summed E-state index contributed by atoms with van der Waals surface area (Å²) in [5.41, 5.74) is 12.0. The fourth-order valence-electron chi connectivity index (χ4n) is 7.36. The molecular weight excluding hydrogens is 442 g/mol. The molecule has 6 fully saturated rings. The van der Waals surface area contributed by atoms with Crippen molar-refractivity contribution in [2.24, 2.45) is 40.1 Å². The van der Waals surface area contributed by atoms with Gasteiger partial charge in [0.1, 0.15) is 12.4 Å². The monoisotopic (exact) mass is 477 g/mol. The van der Waals surface area contributed by atoms with Gasteiger partial charge < -0.3 is 20.9 Å². The predicted molar refractivity (Wildman–Crippen MR) is 127 cm³/mol. The largest absolute Gasteiger partial charge is 0.492 e. The lowest BCUT2D eigenvalue weighted by atomic mass is 9.53. The topological polar surface area (TPSA) is 101 Å². The van der Waals surface area contributed by atoms with Crippen LogP contribution in [0, 0.1) is 23.7 Å². The SMILES string of the molecule is Cl.NC(N)=NCCOc1ccc(C2CCC3(CC2)OOC2(O3)C3CC4CC(C3)CC2C4)cc1. The van der Waals surface area contributed by atoms with Gasteiger partial charge in [0.2, 0.25) is 11.6 Å². The van der Waals surface area contributed by atoms with E-state index in [2.05, 4.69) is 17.1 Å². The molecule has 7 nitrogen and oxygen atoms in total. The van der Waals surface area contributed by atoms with Crippen molar-refractivity contribution in [2.45, 2.75) is 75.3 Å². The minimum Gasteiger partial charge on any atom is -0.492 e. The Balaban J connectivity index is 0.00000228. The first-order valence-corrected chi connectivity index (χ1v) is 12.4. The Labute approximate surface area is 201 Å². The summed E-state index contributed by atoms with van der Waals surface area (Å²) in [6.45, 7) is 0.921. The molecule has 7 rings (SSSR count). The van der Waals surface area contributed by atoms with Gasteiger partial charge in [-0.1, -0.05) is 12.1 Å². The molecule has 1 aliphatic heterocycles. The van der Waals surface area contributed by atoms with Crippen LogP contribution in [-0.2, 0) is 14.5 Å². The Morgan fingerprint density at radius 2 is 1.58 bits per heavy atom. The first kappa shape index (κ1) is 23.2. The molecule has 33 heavy (non-hydrogen) atoms. The van der Waals surface area contributed by atoms with Gasteiger partial charge in [-0.3, -0.25) is 4.99 Å². The number of ether oxygens (including phenoxy) is 2. The highest BCUT2D eigenvalue weighted by atomic mass is 35.5. The normalized spacial score (nSPS) is 40.7. The second kappa shape index (κ2) is 8.91. The summed E-state index contributed by atoms with van der Waals surface area (Å²) in [6, 6.07) is 8.41. The van der Waals surface area contributed by atoms with Gasteiger partial charge in [0, 0.05) is 24.7 Å². The van der Waals surface area contributed by atoms with Gasteiger partial charge in [0.05, 0.1) is 6.54 Å². The zero-order valence-corrected chi connectivity index (χ0v) is 19.9. The number of nitrogens with two attached hydrogens (primary N) is 2. The average molecular weight is 478 g/mol. The summed E-state index contributed by atoms with van der Waals surface area (Å²) in [6.07, 6.45) is 10.3. The molecule has 1 aromatic carbocycles. The van der Waals surface area contributed by atoms with E-state index in [1.807, 2.05) is 12.1 Å². The maximum Gasteiger partial charge on any atom is 0.210 e. The van der Waals surface area contributed by atoms with Crippen molar-refractivity contribution in [1.29, 1.82) is 0 Å². The van der Waals surface area contributed by atoms with Crippen molar-refractivity contribution in [3.63, 3.8) is 0 Å². The molecule has 6 aliphatic rings. The lowest BCUT2D eigenvalue weighted by molar-refractivity contribution is -0.390. The first-order chi connectivity index (χ1) is 15.5. The molecule has 0 atom stereocenters. The molecular formula is C25H36ClN3O4. The first-order valence-electron chi connectivity index (χ1n) is 12.4. The maximum absolute atomic E-state index is 6.84. The van der Waals surface area contributed by atoms with E-state index in [0.29, 0.717) is 30.9 Å². The molecule has 5 aliphatic carbocycles. The lowest BCUT2D eigenvalue weighted by Crippen LogP contribution is -2.59. The standard InChI is InChI=1S/C25H35N3O4.ClH/c26-23(27)28-9-10-29-22-3-1-18(2-4-22)19-5-7-24(8-6-19)30-25(32-31-24)20-12-16-11-17(14-20)15-21(25)13-16;/h1-4,16-17,19-21H,5-15H2,(H4,26,27,28);1H. The van der Waals surface area contributed by atoms with Gasteiger partial charge in [-0.05, 0) is 80.4 Å². The molecule has 0 amide bonds. The van der Waals surface area contributed by atoms with Gasteiger partial charge in [-0.25, -0.2) is 0 Å². The van der Waals surface area contributed by atoms with E-state index in [1.165, 1.54) is 37.7 Å². The number of hydrogen-bond donors (Lipinski definition) is 2. The van der Waals surface area contributed by atoms with Crippen LogP contribution in [0.15, 0.2) is 29.3 Å². The number of rotatable bonds is 5. The number of benzene rings is 1. The summed E-state index contributed by atoms with van der Waals surface area (Å²) >= 11 is 0. The minimum atomic E-state index is -0.541. The van der Waals surface area contributed by atoms with E-state index >= 15 is 0 Å². The quantitative estimate of drug-likeness (QED) is 0.284. The average Bonchev–Trinajstić information content (AvgIpc) is 3.15. The Morgan fingerprint density at radius 3 is 2.18 bits per heavy atom. The Bertz CT molecular complexity index is 837. The lowest BCUT2D eigenvalue weighted by Gasteiger charge is -2.57. The smallest absolute Gasteiger partial charge is 0.210 e. The summed E-state index contributed by atoms with van der Waals surface area (Å²) in [7, 11) is 0. The summed E-state index contributed by atoms with van der Waals surface area (Å²) in [5, 5.41) is 0. The maximum atomic E-state index is 6.84. The van der Waals surface area contributed by atoms with Gasteiger partial charge in [-0.2, -0.15) is 9.78 Å². The molecule has 5 saturated carbocycles. The van der Waals surface area contributed by atoms with E-state index in [4.69, 9.17) is 30.7 Å². The van der Waals surface area contributed by atoms with E-state index in [0.717, 1.165) is 43.3 Å². The third kappa shape index (κ3) is 4.22. The number of aliphatic imine (C=N–C) groups is 1. The molecule has 1 aromatic rings. The molecule has 182 valence electrons. The van der Waals surface area contributed by atoms with Crippen molar-refractivity contribution in [3.05, 3.63) is 29.8 Å². The molecule has 8 heteroatoms. The van der Waals surface area contributed by atoms with Crippen molar-refractivity contribution in [3.8, 4) is 5.75 Å². The fourth-order valence-corrected chi connectivity index (χ4v) is 7.36. The van der Waals surface area contributed by atoms with Gasteiger partial charge in [0.15, 0.2) is 5.96 Å². The third-order valence-corrected chi connectivity index (χ3v) is 8.70. The zero-order chi connectivity index (χ0) is 21.8. The molecule has 4 bridgehead atoms. The highest BCUT2D eigenvalue weighted by Crippen LogP contribution is 2.64. The van der Waals surface area contributed by atoms with E-state index in [1.54, 1.807) is 0 Å². The molecule has 0 aromatic heterocycles. The van der Waals surface area contributed by atoms with E-state index in [9.17, 15) is 0 Å². The van der Waals surface area contributed by atoms with Crippen molar-refractivity contribution >= 4 is 18.4 Å². The number of guanidine groups is 1. The van der Waals surface area contributed by atoms with Gasteiger partial charge in [-0.15, -0.1) is 12.4 Å². The Kier molecular flexibility index (Phi) is 6.27. The number of halogens is 1. The van der Waals surface area contributed by atoms with E-state index in [-0.39, 0.29) is 18.4 Å². The third-order valence-electron chi connectivity index (χ3n) is 8.70. The predicted octanol–water partition coefficient (Wildman–Crippen LogP) is 4.25. The summed E-state index contributed by atoms with van der Waals surface area (Å²) < 4.78 is 12.5. The van der Waals surface area contributed by atoms with Crippen LogP contribution >= 0.6 is 12.4 Å². The van der Waals surface area contributed by atoms with Crippen molar-refractivity contribution in [1.82, 2.24) is 0 Å². The van der Waals surface area contributed by atoms with Crippen LogP contribution in [0.25, 0.3) is 0 Å². The Hall–Kier alpha value is -1.54. The van der Waals surface area contributed by atoms with Gasteiger partial charge >= 0.3 is 0 Å². The molecule has 4 N–H and O–H groups in total. The Morgan fingerprint density at radius 1 is 0.939 bits per heavy atom. The van der Waals surface area contributed by atoms with Crippen LogP contribution in [-0.4, -0.2) is 30.7 Å². The van der Waals surface area contributed by atoms with Crippen molar-refractivity contribution in [2.75, 3.05) is 13.2 Å². The number of hydrogen-bond acceptors (Lipinski definition) is 5. The molecule has 1 heterocycles. The highest BCUT2D eigenvalue weighted by molar-refractivity contribution is 5.85. The van der Waals surface area contributed by atoms with Crippen LogP contribution in [0.4, 0.5) is 0 Å². The number of nitrogens with zero attached hydrogens (tertiary/aromatic N) is 1. The van der Waals surface area contributed by atoms with E-state index < -0.39 is 11.6 Å². The zero-order valence-electron chi connectivity index (χ0n) is 19.1. The molecule has 0 unspecified atom stereocenters. The second-order valence-corrected chi connectivity index (χ2v) is 10.7. The van der Waals surface area contributed by atoms with Gasteiger partial charge in [0.25, 0.3) is 0 Å². The molecule has 1 saturated heterocycles. The van der Waals surface area contributed by atoms with Crippen LogP contribution < -0.4 is 16.2 Å². The van der Waals surface area contributed by atoms with Crippen molar-refractivity contribution < 1.29 is 19.2 Å². The molecule has 2 spiro atoms. The fraction of sp³-hybridized carbons (Fsp3) is 0.720. The highest BCUT2D eigenvalue weighted by Gasteiger charge is 2.66. The summed E-state index contributed by atoms with van der Waals surface area (Å²) in [4.78, 5) is 16.2. The van der Waals surface area contributed by atoms with Crippen LogP contribution in [0.1, 0.15) is 69.3 Å². The second-order valence-electron chi connectivity index (χ2n) is 10.7. The summed E-state index contributed by atoms with van der Waals surface area (Å²) in [5.74, 6) is 3.27. The van der Waals surface area contributed by atoms with Crippen LogP contribution in [0.5, 0.6) is 5.75 Å². The molecule has 0 radical (unpaired) electrons. The van der Waals surface area contributed by atoms with Crippen LogP contribution in [0.3, 0.4) is 0 Å². The minimum absolute atomic E-state index is 0. The van der Waals surface area contributed by atoms with Crippen LogP contribution in [0.2, 0.25) is 0 Å².